The Kier molecular flexibility index (Phi) is 4.23. The summed E-state index contributed by atoms with van der Waals surface area (Å²) in [5, 5.41) is 9.67. The summed E-state index contributed by atoms with van der Waals surface area (Å²) in [6, 6.07) is 3.09. The molecule has 8 nitrogen and oxygen atoms in total. The number of amides is 1. The summed E-state index contributed by atoms with van der Waals surface area (Å²) in [5.41, 5.74) is 0.858. The Labute approximate surface area is 145 Å². The van der Waals surface area contributed by atoms with E-state index in [9.17, 15) is 10.1 Å². The van der Waals surface area contributed by atoms with Gasteiger partial charge in [-0.1, -0.05) is 0 Å². The van der Waals surface area contributed by atoms with Crippen LogP contribution >= 0.6 is 0 Å². The lowest BCUT2D eigenvalue weighted by molar-refractivity contribution is 0.0736. The topological polar surface area (TPSA) is 89.6 Å². The molecule has 0 spiro atoms. The van der Waals surface area contributed by atoms with Crippen molar-refractivity contribution in [3.05, 3.63) is 35.4 Å². The van der Waals surface area contributed by atoms with Crippen LogP contribution in [-0.4, -0.2) is 41.7 Å². The van der Waals surface area contributed by atoms with Crippen molar-refractivity contribution in [3.8, 4) is 23.3 Å². The van der Waals surface area contributed by atoms with Crippen molar-refractivity contribution in [2.75, 3.05) is 21.3 Å². The molecule has 25 heavy (non-hydrogen) atoms. The molecule has 2 aromatic rings. The molecule has 1 unspecified atom stereocenters. The number of nitrogens with zero attached hydrogens (tertiary/aromatic N) is 4. The highest BCUT2D eigenvalue weighted by Crippen LogP contribution is 2.48. The highest BCUT2D eigenvalue weighted by atomic mass is 16.5. The zero-order valence-electron chi connectivity index (χ0n) is 14.4. The fourth-order valence-electron chi connectivity index (χ4n) is 3.04. The molecule has 1 aliphatic heterocycles. The Hall–Kier alpha value is -3.21. The molecule has 1 aromatic carbocycles. The maximum absolute atomic E-state index is 13.0. The Morgan fingerprint density at radius 1 is 1.24 bits per heavy atom. The number of rotatable bonds is 5. The summed E-state index contributed by atoms with van der Waals surface area (Å²) in [5.74, 6) is 1.38. The average Bonchev–Trinajstić information content (AvgIpc) is 3.14. The molecule has 1 aromatic heterocycles. The minimum atomic E-state index is -0.757. The molecule has 0 fully saturated rings. The van der Waals surface area contributed by atoms with E-state index in [1.165, 1.54) is 26.2 Å². The van der Waals surface area contributed by atoms with Crippen molar-refractivity contribution < 1.29 is 19.0 Å². The second kappa shape index (κ2) is 6.36. The third-order valence-corrected chi connectivity index (χ3v) is 4.30. The fourth-order valence-corrected chi connectivity index (χ4v) is 3.04. The summed E-state index contributed by atoms with van der Waals surface area (Å²) in [6.07, 6.45) is 3.44. The van der Waals surface area contributed by atoms with Crippen LogP contribution < -0.4 is 14.2 Å². The molecule has 0 bridgehead atoms. The number of aryl methyl sites for hydroxylation is 1. The van der Waals surface area contributed by atoms with Gasteiger partial charge in [0.15, 0.2) is 11.5 Å². The van der Waals surface area contributed by atoms with E-state index < -0.39 is 6.04 Å². The quantitative estimate of drug-likeness (QED) is 0.821. The lowest BCUT2D eigenvalue weighted by Crippen LogP contribution is -2.28. The maximum Gasteiger partial charge on any atom is 0.259 e. The summed E-state index contributed by atoms with van der Waals surface area (Å²) in [7, 11) is 6.25. The summed E-state index contributed by atoms with van der Waals surface area (Å²) >= 11 is 0. The highest BCUT2D eigenvalue weighted by molar-refractivity contribution is 6.03. The molecule has 3 rings (SSSR count). The van der Waals surface area contributed by atoms with Crippen molar-refractivity contribution in [1.82, 2.24) is 14.5 Å². The smallest absolute Gasteiger partial charge is 0.259 e. The largest absolute Gasteiger partial charge is 0.493 e. The van der Waals surface area contributed by atoms with Crippen LogP contribution in [0.15, 0.2) is 18.5 Å². The Morgan fingerprint density at radius 2 is 1.96 bits per heavy atom. The van der Waals surface area contributed by atoms with Crippen LogP contribution in [0.4, 0.5) is 0 Å². The van der Waals surface area contributed by atoms with Gasteiger partial charge in [0.2, 0.25) is 5.75 Å². The molecular formula is C17H18N4O4. The monoisotopic (exact) mass is 342 g/mol. The van der Waals surface area contributed by atoms with E-state index in [0.29, 0.717) is 28.5 Å². The summed E-state index contributed by atoms with van der Waals surface area (Å²) in [6.45, 7) is 0.211. The second-order valence-corrected chi connectivity index (χ2v) is 5.53. The first-order chi connectivity index (χ1) is 12.1. The van der Waals surface area contributed by atoms with Crippen LogP contribution in [0.2, 0.25) is 0 Å². The molecule has 0 aliphatic carbocycles. The van der Waals surface area contributed by atoms with E-state index in [4.69, 9.17) is 14.2 Å². The molecule has 1 atom stereocenters. The van der Waals surface area contributed by atoms with Crippen LogP contribution in [0.3, 0.4) is 0 Å². The SMILES string of the molecule is COc1cc2c(c(OC)c1OC)C(=O)N(Cc1nccn1C)C2C#N. The van der Waals surface area contributed by atoms with Gasteiger partial charge in [0, 0.05) is 25.0 Å². The normalized spacial score (nSPS) is 15.7. The van der Waals surface area contributed by atoms with Crippen molar-refractivity contribution in [2.24, 2.45) is 7.05 Å². The Balaban J connectivity index is 2.14. The zero-order chi connectivity index (χ0) is 18.1. The van der Waals surface area contributed by atoms with Crippen molar-refractivity contribution >= 4 is 5.91 Å². The van der Waals surface area contributed by atoms with Gasteiger partial charge in [-0.25, -0.2) is 4.98 Å². The number of nitriles is 1. The molecule has 130 valence electrons. The Bertz CT molecular complexity index is 868. The van der Waals surface area contributed by atoms with Crippen molar-refractivity contribution in [3.63, 3.8) is 0 Å². The van der Waals surface area contributed by atoms with Crippen molar-refractivity contribution in [1.29, 1.82) is 5.26 Å². The third-order valence-electron chi connectivity index (χ3n) is 4.30. The van der Waals surface area contributed by atoms with Crippen molar-refractivity contribution in [2.45, 2.75) is 12.6 Å². The van der Waals surface area contributed by atoms with Gasteiger partial charge in [0.05, 0.1) is 39.5 Å². The molecular weight excluding hydrogens is 324 g/mol. The van der Waals surface area contributed by atoms with Crippen LogP contribution in [0.1, 0.15) is 27.8 Å². The average molecular weight is 342 g/mol. The minimum absolute atomic E-state index is 0.211. The lowest BCUT2D eigenvalue weighted by Gasteiger charge is -2.19. The first kappa shape index (κ1) is 16.6. The van der Waals surface area contributed by atoms with Gasteiger partial charge in [0.1, 0.15) is 11.9 Å². The number of hydrogen-bond acceptors (Lipinski definition) is 6. The van der Waals surface area contributed by atoms with Crippen LogP contribution in [-0.2, 0) is 13.6 Å². The molecule has 0 N–H and O–H groups in total. The second-order valence-electron chi connectivity index (χ2n) is 5.53. The number of imidazole rings is 1. The number of ether oxygens (including phenoxy) is 3. The molecule has 1 amide bonds. The van der Waals surface area contributed by atoms with Gasteiger partial charge >= 0.3 is 0 Å². The number of carbonyl (C=O) groups excluding carboxylic acids is 1. The predicted molar refractivity (Wildman–Crippen MR) is 87.5 cm³/mol. The Morgan fingerprint density at radius 3 is 2.48 bits per heavy atom. The maximum atomic E-state index is 13.0. The molecule has 0 radical (unpaired) electrons. The van der Waals surface area contributed by atoms with Crippen LogP contribution in [0, 0.1) is 11.3 Å². The van der Waals surface area contributed by atoms with E-state index in [-0.39, 0.29) is 18.2 Å². The van der Waals surface area contributed by atoms with Gasteiger partial charge in [-0.15, -0.1) is 0 Å². The molecule has 8 heteroatoms. The van der Waals surface area contributed by atoms with Gasteiger partial charge < -0.3 is 23.7 Å². The number of fused-ring (bicyclic) bond motifs is 1. The number of benzene rings is 1. The van der Waals surface area contributed by atoms with E-state index in [0.717, 1.165) is 0 Å². The zero-order valence-corrected chi connectivity index (χ0v) is 14.4. The van der Waals surface area contributed by atoms with Gasteiger partial charge in [-0.2, -0.15) is 5.26 Å². The van der Waals surface area contributed by atoms with Gasteiger partial charge in [-0.3, -0.25) is 4.79 Å². The molecule has 2 heterocycles. The number of methoxy groups -OCH3 is 3. The van der Waals surface area contributed by atoms with Crippen LogP contribution in [0.5, 0.6) is 17.2 Å². The van der Waals surface area contributed by atoms with Crippen LogP contribution in [0.25, 0.3) is 0 Å². The summed E-state index contributed by atoms with van der Waals surface area (Å²) in [4.78, 5) is 18.7. The highest BCUT2D eigenvalue weighted by Gasteiger charge is 2.42. The first-order valence-electron chi connectivity index (χ1n) is 7.57. The van der Waals surface area contributed by atoms with E-state index in [1.807, 2.05) is 11.6 Å². The number of carbonyl (C=O) groups is 1. The van der Waals surface area contributed by atoms with E-state index in [1.54, 1.807) is 18.5 Å². The summed E-state index contributed by atoms with van der Waals surface area (Å²) < 4.78 is 17.9. The molecule has 0 saturated heterocycles. The van der Waals surface area contributed by atoms with Gasteiger partial charge in [0.25, 0.3) is 5.91 Å². The van der Waals surface area contributed by atoms with E-state index >= 15 is 0 Å². The molecule has 0 saturated carbocycles. The first-order valence-corrected chi connectivity index (χ1v) is 7.57. The molecule has 1 aliphatic rings. The number of hydrogen-bond donors (Lipinski definition) is 0. The lowest BCUT2D eigenvalue weighted by atomic mass is 10.0. The predicted octanol–water partition coefficient (Wildman–Crippen LogP) is 1.67. The fraction of sp³-hybridized carbons (Fsp3) is 0.353. The minimum Gasteiger partial charge on any atom is -0.493 e. The number of aromatic nitrogens is 2. The van der Waals surface area contributed by atoms with E-state index in [2.05, 4.69) is 11.1 Å². The third kappa shape index (κ3) is 2.45. The van der Waals surface area contributed by atoms with Gasteiger partial charge in [-0.05, 0) is 6.07 Å². The standard InChI is InChI=1S/C17H18N4O4/c1-20-6-5-19-13(20)9-21-11(8-18)10-7-12(23-2)15(24-3)16(25-4)14(10)17(21)22/h5-7,11H,9H2,1-4H3.